The van der Waals surface area contributed by atoms with E-state index >= 15 is 0 Å². The molecule has 0 unspecified atom stereocenters. The number of aryl methyl sites for hydroxylation is 2. The van der Waals surface area contributed by atoms with Crippen molar-refractivity contribution in [2.24, 2.45) is 7.05 Å². The number of hydrogen-bond donors (Lipinski definition) is 1. The fraction of sp³-hybridized carbons (Fsp3) is 0.571. The molecule has 1 N–H and O–H groups in total. The average molecular weight is 282 g/mol. The number of nitrogens with one attached hydrogen (secondary N) is 1. The first kappa shape index (κ1) is 11.5. The first-order valence-corrected chi connectivity index (χ1v) is 6.71. The van der Waals surface area contributed by atoms with Gasteiger partial charge in [0.25, 0.3) is 0 Å². The third-order valence-corrected chi connectivity index (χ3v) is 4.52. The van der Waals surface area contributed by atoms with E-state index in [0.29, 0.717) is 11.4 Å². The first-order valence-electron chi connectivity index (χ1n) is 3.94. The van der Waals surface area contributed by atoms with Crippen molar-refractivity contribution in [3.63, 3.8) is 0 Å². The van der Waals surface area contributed by atoms with Crippen LogP contribution in [-0.2, 0) is 17.1 Å². The van der Waals surface area contributed by atoms with E-state index in [1.165, 1.54) is 0 Å². The third-order valence-electron chi connectivity index (χ3n) is 1.91. The van der Waals surface area contributed by atoms with Crippen molar-refractivity contribution < 1.29 is 8.42 Å². The van der Waals surface area contributed by atoms with Gasteiger partial charge >= 0.3 is 0 Å². The molecule has 0 aliphatic heterocycles. The summed E-state index contributed by atoms with van der Waals surface area (Å²) in [6, 6.07) is 0. The molecule has 0 aliphatic carbocycles. The van der Waals surface area contributed by atoms with Crippen LogP contribution in [0, 0.1) is 13.8 Å². The molecular formula is C7H12BrN3O2S. The lowest BCUT2D eigenvalue weighted by Gasteiger charge is -2.04. The van der Waals surface area contributed by atoms with E-state index in [-0.39, 0.29) is 4.66 Å². The largest absolute Gasteiger partial charge is 0.279 e. The fourth-order valence-electron chi connectivity index (χ4n) is 1.10. The van der Waals surface area contributed by atoms with Crippen molar-refractivity contribution in [2.45, 2.75) is 13.8 Å². The van der Waals surface area contributed by atoms with Crippen molar-refractivity contribution in [3.05, 3.63) is 11.4 Å². The van der Waals surface area contributed by atoms with Gasteiger partial charge in [-0.15, -0.1) is 0 Å². The van der Waals surface area contributed by atoms with Gasteiger partial charge < -0.3 is 0 Å². The van der Waals surface area contributed by atoms with Crippen LogP contribution in [0.5, 0.6) is 0 Å². The summed E-state index contributed by atoms with van der Waals surface area (Å²) in [6.45, 7) is 3.57. The monoisotopic (exact) mass is 281 g/mol. The van der Waals surface area contributed by atoms with E-state index in [1.807, 2.05) is 6.92 Å². The predicted octanol–water partition coefficient (Wildman–Crippen LogP) is 1.13. The molecule has 0 fully saturated rings. The van der Waals surface area contributed by atoms with Crippen molar-refractivity contribution in [1.82, 2.24) is 9.78 Å². The van der Waals surface area contributed by atoms with Crippen LogP contribution in [-0.4, -0.2) is 22.9 Å². The molecule has 0 saturated heterocycles. The maximum Gasteiger partial charge on any atom is 0.242 e. The van der Waals surface area contributed by atoms with Crippen LogP contribution >= 0.6 is 15.9 Å². The van der Waals surface area contributed by atoms with E-state index in [1.54, 1.807) is 18.7 Å². The molecule has 0 aliphatic rings. The van der Waals surface area contributed by atoms with E-state index in [0.717, 1.165) is 5.69 Å². The van der Waals surface area contributed by atoms with Gasteiger partial charge in [0.2, 0.25) is 10.0 Å². The SMILES string of the molecule is Cc1nn(C)c(C)c1NS(=O)(=O)CBr. The molecule has 0 amide bonds. The van der Waals surface area contributed by atoms with Crippen LogP contribution in [0.3, 0.4) is 0 Å². The van der Waals surface area contributed by atoms with Crippen molar-refractivity contribution >= 4 is 31.6 Å². The Kier molecular flexibility index (Phi) is 3.20. The third kappa shape index (κ3) is 2.27. The number of hydrogen-bond acceptors (Lipinski definition) is 3. The molecule has 14 heavy (non-hydrogen) atoms. The standard InChI is InChI=1S/C7H12BrN3O2S/c1-5-7(6(2)11(3)9-5)10-14(12,13)4-8/h10H,4H2,1-3H3. The van der Waals surface area contributed by atoms with Gasteiger partial charge in [0.05, 0.1) is 17.1 Å². The Morgan fingerprint density at radius 2 is 2.07 bits per heavy atom. The molecule has 80 valence electrons. The van der Waals surface area contributed by atoms with E-state index in [9.17, 15) is 8.42 Å². The van der Waals surface area contributed by atoms with Gasteiger partial charge in [0.15, 0.2) is 0 Å². The summed E-state index contributed by atoms with van der Waals surface area (Å²) in [5, 5.41) is 4.10. The number of halogens is 1. The summed E-state index contributed by atoms with van der Waals surface area (Å²) < 4.78 is 26.6. The molecule has 1 aromatic rings. The van der Waals surface area contributed by atoms with Crippen LogP contribution in [0.1, 0.15) is 11.4 Å². The summed E-state index contributed by atoms with van der Waals surface area (Å²) in [5.41, 5.74) is 2.04. The number of sulfonamides is 1. The Bertz CT molecular complexity index is 438. The second kappa shape index (κ2) is 3.90. The number of alkyl halides is 1. The van der Waals surface area contributed by atoms with Crippen LogP contribution in [0.4, 0.5) is 5.69 Å². The zero-order valence-electron chi connectivity index (χ0n) is 8.20. The van der Waals surface area contributed by atoms with Gasteiger partial charge in [-0.2, -0.15) is 5.10 Å². The smallest absolute Gasteiger partial charge is 0.242 e. The lowest BCUT2D eigenvalue weighted by Crippen LogP contribution is -2.14. The normalized spacial score (nSPS) is 11.7. The Balaban J connectivity index is 3.09. The molecule has 1 rings (SSSR count). The molecule has 0 aromatic carbocycles. The lowest BCUT2D eigenvalue weighted by molar-refractivity contribution is 0.606. The van der Waals surface area contributed by atoms with Crippen molar-refractivity contribution in [3.8, 4) is 0 Å². The molecule has 0 atom stereocenters. The topological polar surface area (TPSA) is 64.0 Å². The van der Waals surface area contributed by atoms with Crippen molar-refractivity contribution in [1.29, 1.82) is 0 Å². The van der Waals surface area contributed by atoms with Gasteiger partial charge in [-0.1, -0.05) is 15.9 Å². The maximum absolute atomic E-state index is 11.3. The molecule has 0 saturated carbocycles. The molecule has 0 spiro atoms. The summed E-state index contributed by atoms with van der Waals surface area (Å²) in [7, 11) is -1.52. The van der Waals surface area contributed by atoms with Crippen LogP contribution in [0.2, 0.25) is 0 Å². The number of rotatable bonds is 3. The molecule has 1 aromatic heterocycles. The number of nitrogens with zero attached hydrogens (tertiary/aromatic N) is 2. The van der Waals surface area contributed by atoms with Crippen LogP contribution in [0.15, 0.2) is 0 Å². The highest BCUT2D eigenvalue weighted by molar-refractivity contribution is 9.10. The van der Waals surface area contributed by atoms with Gasteiger partial charge in [-0.3, -0.25) is 9.40 Å². The van der Waals surface area contributed by atoms with Gasteiger partial charge in [-0.05, 0) is 13.8 Å². The molecule has 1 heterocycles. The highest BCUT2D eigenvalue weighted by atomic mass is 79.9. The average Bonchev–Trinajstić information content (AvgIpc) is 2.32. The minimum atomic E-state index is -3.29. The second-order valence-electron chi connectivity index (χ2n) is 3.00. The second-order valence-corrected chi connectivity index (χ2v) is 6.02. The van der Waals surface area contributed by atoms with Crippen LogP contribution in [0.25, 0.3) is 0 Å². The summed E-state index contributed by atoms with van der Waals surface area (Å²) in [6.07, 6.45) is 0. The first-order chi connectivity index (χ1) is 6.37. The Hall–Kier alpha value is -0.560. The lowest BCUT2D eigenvalue weighted by atomic mass is 10.3. The Morgan fingerprint density at radius 3 is 2.43 bits per heavy atom. The fourth-order valence-corrected chi connectivity index (χ4v) is 2.11. The number of aromatic nitrogens is 2. The summed E-state index contributed by atoms with van der Waals surface area (Å²) in [5.74, 6) is 0. The van der Waals surface area contributed by atoms with Gasteiger partial charge in [-0.25, -0.2) is 8.42 Å². The molecule has 0 radical (unpaired) electrons. The van der Waals surface area contributed by atoms with E-state index < -0.39 is 10.0 Å². The molecule has 0 bridgehead atoms. The zero-order valence-corrected chi connectivity index (χ0v) is 10.6. The highest BCUT2D eigenvalue weighted by Gasteiger charge is 2.15. The minimum absolute atomic E-state index is 0.117. The van der Waals surface area contributed by atoms with Crippen LogP contribution < -0.4 is 4.72 Å². The predicted molar refractivity (Wildman–Crippen MR) is 59.0 cm³/mol. The van der Waals surface area contributed by atoms with Gasteiger partial charge in [0, 0.05) is 7.05 Å². The quantitative estimate of drug-likeness (QED) is 0.845. The Labute approximate surface area is 91.7 Å². The number of anilines is 1. The summed E-state index contributed by atoms with van der Waals surface area (Å²) in [4.78, 5) is 0. The molecular weight excluding hydrogens is 270 g/mol. The summed E-state index contributed by atoms with van der Waals surface area (Å²) >= 11 is 2.91. The Morgan fingerprint density at radius 1 is 1.50 bits per heavy atom. The van der Waals surface area contributed by atoms with Crippen molar-refractivity contribution in [2.75, 3.05) is 9.38 Å². The maximum atomic E-state index is 11.3. The van der Waals surface area contributed by atoms with Gasteiger partial charge in [0.1, 0.15) is 4.66 Å². The zero-order chi connectivity index (χ0) is 10.9. The molecule has 7 heteroatoms. The molecule has 5 nitrogen and oxygen atoms in total. The van der Waals surface area contributed by atoms with E-state index in [2.05, 4.69) is 25.8 Å². The minimum Gasteiger partial charge on any atom is -0.279 e. The van der Waals surface area contributed by atoms with E-state index in [4.69, 9.17) is 0 Å². The highest BCUT2D eigenvalue weighted by Crippen LogP contribution is 2.19.